The first-order chi connectivity index (χ1) is 12.7. The van der Waals surface area contributed by atoms with E-state index in [9.17, 15) is 18.0 Å². The van der Waals surface area contributed by atoms with Gasteiger partial charge in [0.1, 0.15) is 0 Å². The lowest BCUT2D eigenvalue weighted by Crippen LogP contribution is -2.40. The Hall–Kier alpha value is -1.68. The molecule has 1 aromatic rings. The minimum absolute atomic E-state index is 0.0262. The molecule has 1 heterocycles. The Morgan fingerprint density at radius 2 is 1.93 bits per heavy atom. The molecule has 10 heteroatoms. The molecule has 1 fully saturated rings. The van der Waals surface area contributed by atoms with Gasteiger partial charge in [-0.05, 0) is 37.0 Å². The average molecular weight is 419 g/mol. The predicted octanol–water partition coefficient (Wildman–Crippen LogP) is 1.94. The van der Waals surface area contributed by atoms with Crippen LogP contribution in [-0.2, 0) is 24.4 Å². The van der Waals surface area contributed by atoms with E-state index in [0.717, 1.165) is 18.9 Å². The second-order valence-corrected chi connectivity index (χ2v) is 8.72. The van der Waals surface area contributed by atoms with Gasteiger partial charge in [-0.15, -0.1) is 0 Å². The Labute approximate surface area is 164 Å². The molecule has 0 atom stereocenters. The van der Waals surface area contributed by atoms with Crippen molar-refractivity contribution in [1.29, 1.82) is 0 Å². The number of carbonyl (C=O) groups excluding carboxylic acids is 2. The van der Waals surface area contributed by atoms with Crippen molar-refractivity contribution in [3.05, 3.63) is 28.8 Å². The lowest BCUT2D eigenvalue weighted by atomic mass is 9.99. The Kier molecular flexibility index (Phi) is 7.21. The van der Waals surface area contributed by atoms with Crippen LogP contribution in [0.2, 0.25) is 5.02 Å². The van der Waals surface area contributed by atoms with Gasteiger partial charge in [0, 0.05) is 20.1 Å². The molecule has 2 rings (SSSR count). The molecule has 1 aliphatic rings. The molecular weight excluding hydrogens is 396 g/mol. The number of nitrogens with zero attached hydrogens (tertiary/aromatic N) is 2. The van der Waals surface area contributed by atoms with Crippen LogP contribution in [0.15, 0.2) is 23.1 Å². The first-order valence-corrected chi connectivity index (χ1v) is 10.3. The number of piperidine rings is 1. The van der Waals surface area contributed by atoms with Gasteiger partial charge < -0.3 is 9.64 Å². The smallest absolute Gasteiger partial charge is 0.340 e. The number of hydrogen-bond acceptors (Lipinski definition) is 6. The maximum Gasteiger partial charge on any atom is 0.340 e. The molecule has 0 aliphatic carbocycles. The van der Waals surface area contributed by atoms with Crippen molar-refractivity contribution in [2.24, 2.45) is 5.92 Å². The first kappa shape index (κ1) is 21.6. The van der Waals surface area contributed by atoms with Gasteiger partial charge in [0.2, 0.25) is 0 Å². The van der Waals surface area contributed by atoms with E-state index >= 15 is 0 Å². The fourth-order valence-electron chi connectivity index (χ4n) is 2.62. The quantitative estimate of drug-likeness (QED) is 0.517. The zero-order valence-electron chi connectivity index (χ0n) is 15.5. The maximum absolute atomic E-state index is 12.3. The Morgan fingerprint density at radius 1 is 1.30 bits per heavy atom. The molecule has 0 saturated carbocycles. The third-order valence-electron chi connectivity index (χ3n) is 4.51. The number of rotatable bonds is 6. The number of likely N-dealkylation sites (tertiary alicyclic amines) is 1. The molecule has 0 unspecified atom stereocenters. The third kappa shape index (κ3) is 5.19. The van der Waals surface area contributed by atoms with Gasteiger partial charge in [-0.2, -0.15) is 0 Å². The molecule has 1 aliphatic heterocycles. The van der Waals surface area contributed by atoms with Gasteiger partial charge in [-0.1, -0.05) is 23.0 Å². The normalized spacial score (nSPS) is 15.8. The van der Waals surface area contributed by atoms with Gasteiger partial charge in [-0.3, -0.25) is 9.63 Å². The van der Waals surface area contributed by atoms with Crippen molar-refractivity contribution in [3.63, 3.8) is 0 Å². The average Bonchev–Trinajstić information content (AvgIpc) is 2.65. The Balaban J connectivity index is 2.08. The van der Waals surface area contributed by atoms with Crippen LogP contribution in [0.25, 0.3) is 0 Å². The van der Waals surface area contributed by atoms with E-state index in [2.05, 4.69) is 6.92 Å². The highest BCUT2D eigenvalue weighted by atomic mass is 35.5. The van der Waals surface area contributed by atoms with Crippen LogP contribution >= 0.6 is 11.6 Å². The second kappa shape index (κ2) is 9.01. The zero-order chi connectivity index (χ0) is 20.2. The molecule has 150 valence electrons. The van der Waals surface area contributed by atoms with Crippen LogP contribution in [0.1, 0.15) is 30.1 Å². The Morgan fingerprint density at radius 3 is 2.52 bits per heavy atom. The summed E-state index contributed by atoms with van der Waals surface area (Å²) in [5.41, 5.74) is -0.137. The van der Waals surface area contributed by atoms with Gasteiger partial charge >= 0.3 is 5.97 Å². The van der Waals surface area contributed by atoms with Crippen molar-refractivity contribution in [1.82, 2.24) is 9.37 Å². The van der Waals surface area contributed by atoms with Crippen LogP contribution in [0, 0.1) is 5.92 Å². The van der Waals surface area contributed by atoms with Crippen molar-refractivity contribution in [3.8, 4) is 0 Å². The van der Waals surface area contributed by atoms with Gasteiger partial charge in [-0.25, -0.2) is 13.2 Å². The summed E-state index contributed by atoms with van der Waals surface area (Å²) in [7, 11) is -1.52. The molecule has 0 radical (unpaired) electrons. The Bertz CT molecular complexity index is 806. The standard InChI is InChI=1S/C17H23ClN2O6S/c1-12-6-8-20(9-7-12)16(21)11-26-17(22)14-10-13(4-5-15(14)18)27(23,24)19(2)25-3/h4-5,10,12H,6-9,11H2,1-3H3. The van der Waals surface area contributed by atoms with E-state index < -0.39 is 22.6 Å². The molecule has 0 bridgehead atoms. The molecule has 0 N–H and O–H groups in total. The van der Waals surface area contributed by atoms with E-state index in [4.69, 9.17) is 21.2 Å². The number of esters is 1. The highest BCUT2D eigenvalue weighted by Crippen LogP contribution is 2.23. The van der Waals surface area contributed by atoms with Crippen molar-refractivity contribution in [2.45, 2.75) is 24.7 Å². The van der Waals surface area contributed by atoms with Crippen molar-refractivity contribution >= 4 is 33.5 Å². The number of halogens is 1. The second-order valence-electron chi connectivity index (χ2n) is 6.38. The molecule has 1 aromatic carbocycles. The number of hydrogen-bond donors (Lipinski definition) is 0. The number of benzene rings is 1. The van der Waals surface area contributed by atoms with Gasteiger partial charge in [0.15, 0.2) is 6.61 Å². The van der Waals surface area contributed by atoms with Crippen LogP contribution < -0.4 is 0 Å². The monoisotopic (exact) mass is 418 g/mol. The largest absolute Gasteiger partial charge is 0.452 e. The summed E-state index contributed by atoms with van der Waals surface area (Å²) >= 11 is 6.00. The van der Waals surface area contributed by atoms with E-state index in [1.165, 1.54) is 26.3 Å². The first-order valence-electron chi connectivity index (χ1n) is 8.44. The molecule has 1 saturated heterocycles. The summed E-state index contributed by atoms with van der Waals surface area (Å²) < 4.78 is 30.3. The number of sulfonamides is 1. The van der Waals surface area contributed by atoms with E-state index in [1.54, 1.807) is 4.90 Å². The van der Waals surface area contributed by atoms with Crippen molar-refractivity contribution in [2.75, 3.05) is 33.9 Å². The van der Waals surface area contributed by atoms with Gasteiger partial charge in [0.25, 0.3) is 15.9 Å². The van der Waals surface area contributed by atoms with Crippen LogP contribution in [0.3, 0.4) is 0 Å². The highest BCUT2D eigenvalue weighted by Gasteiger charge is 2.25. The lowest BCUT2D eigenvalue weighted by Gasteiger charge is -2.30. The highest BCUT2D eigenvalue weighted by molar-refractivity contribution is 7.89. The minimum atomic E-state index is -3.95. The van der Waals surface area contributed by atoms with Crippen LogP contribution in [0.4, 0.5) is 0 Å². The number of amides is 1. The van der Waals surface area contributed by atoms with E-state index in [-0.39, 0.29) is 21.4 Å². The van der Waals surface area contributed by atoms with Crippen molar-refractivity contribution < 1.29 is 27.6 Å². The van der Waals surface area contributed by atoms with Crippen LogP contribution in [-0.4, -0.2) is 63.5 Å². The number of ether oxygens (including phenoxy) is 1. The molecule has 27 heavy (non-hydrogen) atoms. The summed E-state index contributed by atoms with van der Waals surface area (Å²) in [6.45, 7) is 2.98. The zero-order valence-corrected chi connectivity index (χ0v) is 17.0. The summed E-state index contributed by atoms with van der Waals surface area (Å²) in [4.78, 5) is 30.7. The van der Waals surface area contributed by atoms with Crippen LogP contribution in [0.5, 0.6) is 0 Å². The van der Waals surface area contributed by atoms with Gasteiger partial charge in [0.05, 0.1) is 22.6 Å². The summed E-state index contributed by atoms with van der Waals surface area (Å²) in [6.07, 6.45) is 1.83. The molecule has 8 nitrogen and oxygen atoms in total. The number of carbonyl (C=O) groups is 2. The number of hydroxylamine groups is 1. The fraction of sp³-hybridized carbons (Fsp3) is 0.529. The molecule has 0 spiro atoms. The molecular formula is C17H23ClN2O6S. The third-order valence-corrected chi connectivity index (χ3v) is 6.52. The maximum atomic E-state index is 12.3. The summed E-state index contributed by atoms with van der Waals surface area (Å²) in [5, 5.41) is 0.0262. The molecule has 0 aromatic heterocycles. The lowest BCUT2D eigenvalue weighted by molar-refractivity contribution is -0.135. The SMILES string of the molecule is CON(C)S(=O)(=O)c1ccc(Cl)c(C(=O)OCC(=O)N2CCC(C)CC2)c1. The summed E-state index contributed by atoms with van der Waals surface area (Å²) in [5.74, 6) is -0.574. The fourth-order valence-corrected chi connectivity index (χ4v) is 3.82. The van der Waals surface area contributed by atoms with E-state index in [0.29, 0.717) is 23.5 Å². The summed E-state index contributed by atoms with van der Waals surface area (Å²) in [6, 6.07) is 3.63. The molecule has 1 amide bonds. The predicted molar refractivity (Wildman–Crippen MR) is 98.7 cm³/mol. The topological polar surface area (TPSA) is 93.2 Å². The minimum Gasteiger partial charge on any atom is -0.452 e. The van der Waals surface area contributed by atoms with E-state index in [1.807, 2.05) is 0 Å².